The summed E-state index contributed by atoms with van der Waals surface area (Å²) < 4.78 is 33.8. The predicted octanol–water partition coefficient (Wildman–Crippen LogP) is 1.44. The van der Waals surface area contributed by atoms with E-state index in [0.29, 0.717) is 6.07 Å². The van der Waals surface area contributed by atoms with E-state index in [-0.39, 0.29) is 23.6 Å². The van der Waals surface area contributed by atoms with Crippen LogP contribution in [0.15, 0.2) is 43.4 Å². The number of carbonyl (C=O) groups is 1. The highest BCUT2D eigenvalue weighted by atomic mass is 19.1. The van der Waals surface area contributed by atoms with Gasteiger partial charge in [0, 0.05) is 11.6 Å². The summed E-state index contributed by atoms with van der Waals surface area (Å²) in [5.41, 5.74) is -1.24. The molecule has 1 aliphatic rings. The summed E-state index contributed by atoms with van der Waals surface area (Å²) in [5.74, 6) is -2.14. The second-order valence-corrected chi connectivity index (χ2v) is 5.17. The summed E-state index contributed by atoms with van der Waals surface area (Å²) in [6.45, 7) is -0.0187. The Kier molecular flexibility index (Phi) is 3.17. The first-order valence-corrected chi connectivity index (χ1v) is 6.91. The number of ether oxygens (including phenoxy) is 1. The molecule has 7 nitrogen and oxygen atoms in total. The average molecular weight is 329 g/mol. The third-order valence-corrected chi connectivity index (χ3v) is 3.74. The topological polar surface area (TPSA) is 86.1 Å². The first-order valence-electron chi connectivity index (χ1n) is 6.91. The summed E-state index contributed by atoms with van der Waals surface area (Å²) in [5, 5.41) is 3.94. The zero-order valence-electron chi connectivity index (χ0n) is 12.1. The van der Waals surface area contributed by atoms with E-state index in [1.165, 1.54) is 35.9 Å². The predicted molar refractivity (Wildman–Crippen MR) is 75.3 cm³/mol. The Morgan fingerprint density at radius 3 is 2.75 bits per heavy atom. The van der Waals surface area contributed by atoms with Crippen molar-refractivity contribution < 1.29 is 18.3 Å². The van der Waals surface area contributed by atoms with Crippen LogP contribution in [0.5, 0.6) is 0 Å². The van der Waals surface area contributed by atoms with Crippen LogP contribution in [-0.2, 0) is 10.3 Å². The second-order valence-electron chi connectivity index (χ2n) is 5.17. The van der Waals surface area contributed by atoms with Gasteiger partial charge in [0.05, 0.1) is 12.8 Å². The first kappa shape index (κ1) is 14.5. The fraction of sp³-hybridized carbons (Fsp3) is 0.133. The molecule has 1 aliphatic heterocycles. The van der Waals surface area contributed by atoms with Crippen LogP contribution < -0.4 is 0 Å². The number of ketones is 1. The van der Waals surface area contributed by atoms with Crippen LogP contribution in [0.25, 0.3) is 5.69 Å². The van der Waals surface area contributed by atoms with Crippen molar-refractivity contribution in [3.63, 3.8) is 0 Å². The van der Waals surface area contributed by atoms with Crippen molar-refractivity contribution in [1.82, 2.24) is 24.7 Å². The number of benzene rings is 1. The lowest BCUT2D eigenvalue weighted by Gasteiger charge is -2.13. The Labute approximate surface area is 134 Å². The maximum absolute atomic E-state index is 14.1. The molecule has 1 saturated heterocycles. The molecule has 0 amide bonds. The normalized spacial score (nSPS) is 19.2. The van der Waals surface area contributed by atoms with Crippen molar-refractivity contribution in [3.8, 4) is 5.69 Å². The molecule has 1 unspecified atom stereocenters. The third kappa shape index (κ3) is 2.17. The van der Waals surface area contributed by atoms with Gasteiger partial charge in [-0.05, 0) is 12.1 Å². The molecule has 0 saturated carbocycles. The number of hydrogen-bond acceptors (Lipinski definition) is 6. The number of epoxide rings is 1. The smallest absolute Gasteiger partial charge is 0.222 e. The van der Waals surface area contributed by atoms with Crippen molar-refractivity contribution >= 4 is 5.78 Å². The fourth-order valence-corrected chi connectivity index (χ4v) is 2.49. The highest BCUT2D eigenvalue weighted by Gasteiger charge is 2.56. The minimum absolute atomic E-state index is 0.0109. The van der Waals surface area contributed by atoms with E-state index >= 15 is 0 Å². The molecule has 0 radical (unpaired) electrons. The standard InChI is InChI=1S/C15H9F2N5O2/c16-9-1-2-10(11(17)3-9)15(5-24-15)14(23)13-12(4-18-6-20-13)22-8-19-7-21-22/h1-4,6-8H,5H2. The number of carbonyl (C=O) groups excluding carboxylic acids is 1. The van der Waals surface area contributed by atoms with Gasteiger partial charge in [-0.15, -0.1) is 0 Å². The van der Waals surface area contributed by atoms with Crippen molar-refractivity contribution in [2.75, 3.05) is 6.61 Å². The molecule has 9 heteroatoms. The highest BCUT2D eigenvalue weighted by molar-refractivity contribution is 6.05. The van der Waals surface area contributed by atoms with Crippen LogP contribution in [0.2, 0.25) is 0 Å². The van der Waals surface area contributed by atoms with E-state index in [0.717, 1.165) is 6.07 Å². The van der Waals surface area contributed by atoms with E-state index in [1.807, 2.05) is 0 Å². The minimum Gasteiger partial charge on any atom is -0.356 e. The molecule has 3 heterocycles. The van der Waals surface area contributed by atoms with Gasteiger partial charge in [-0.2, -0.15) is 5.10 Å². The quantitative estimate of drug-likeness (QED) is 0.532. The van der Waals surface area contributed by atoms with Gasteiger partial charge in [0.15, 0.2) is 5.60 Å². The van der Waals surface area contributed by atoms with Crippen LogP contribution in [0.4, 0.5) is 8.78 Å². The van der Waals surface area contributed by atoms with E-state index in [9.17, 15) is 13.6 Å². The van der Waals surface area contributed by atoms with Gasteiger partial charge in [-0.1, -0.05) is 0 Å². The second kappa shape index (κ2) is 5.24. The molecule has 0 bridgehead atoms. The Balaban J connectivity index is 1.80. The van der Waals surface area contributed by atoms with Crippen LogP contribution >= 0.6 is 0 Å². The average Bonchev–Trinajstić information content (AvgIpc) is 3.19. The van der Waals surface area contributed by atoms with E-state index < -0.39 is 23.0 Å². The van der Waals surface area contributed by atoms with Crippen molar-refractivity contribution in [2.24, 2.45) is 0 Å². The minimum atomic E-state index is -1.51. The summed E-state index contributed by atoms with van der Waals surface area (Å²) in [4.78, 5) is 24.6. The van der Waals surface area contributed by atoms with Crippen molar-refractivity contribution in [1.29, 1.82) is 0 Å². The largest absolute Gasteiger partial charge is 0.356 e. The van der Waals surface area contributed by atoms with Gasteiger partial charge in [0.25, 0.3) is 0 Å². The van der Waals surface area contributed by atoms with Crippen LogP contribution in [-0.4, -0.2) is 37.1 Å². The zero-order valence-corrected chi connectivity index (χ0v) is 12.1. The van der Waals surface area contributed by atoms with Gasteiger partial charge in [-0.25, -0.2) is 28.4 Å². The van der Waals surface area contributed by atoms with Crippen LogP contribution in [0.1, 0.15) is 16.1 Å². The zero-order chi connectivity index (χ0) is 16.7. The van der Waals surface area contributed by atoms with E-state index in [4.69, 9.17) is 4.74 Å². The number of aromatic nitrogens is 5. The van der Waals surface area contributed by atoms with Gasteiger partial charge < -0.3 is 4.74 Å². The van der Waals surface area contributed by atoms with Gasteiger partial charge in [0.1, 0.15) is 42.0 Å². The summed E-state index contributed by atoms with van der Waals surface area (Å²) in [6.07, 6.45) is 5.27. The number of hydrogen-bond donors (Lipinski definition) is 0. The first-order chi connectivity index (χ1) is 11.6. The molecule has 1 atom stereocenters. The molecular formula is C15H9F2N5O2. The Hall–Kier alpha value is -3.07. The van der Waals surface area contributed by atoms with Crippen LogP contribution in [0.3, 0.4) is 0 Å². The molecular weight excluding hydrogens is 320 g/mol. The molecule has 4 rings (SSSR count). The van der Waals surface area contributed by atoms with E-state index in [1.54, 1.807) is 0 Å². The molecule has 3 aromatic rings. The molecule has 24 heavy (non-hydrogen) atoms. The lowest BCUT2D eigenvalue weighted by molar-refractivity contribution is 0.0861. The fourth-order valence-electron chi connectivity index (χ4n) is 2.49. The highest BCUT2D eigenvalue weighted by Crippen LogP contribution is 2.43. The SMILES string of the molecule is O=C(c1ncncc1-n1cncn1)C1(c2ccc(F)cc2F)CO1. The molecule has 0 spiro atoms. The molecule has 1 fully saturated rings. The van der Waals surface area contributed by atoms with Gasteiger partial charge >= 0.3 is 0 Å². The summed E-state index contributed by atoms with van der Waals surface area (Å²) in [7, 11) is 0. The molecule has 120 valence electrons. The molecule has 2 aromatic heterocycles. The lowest BCUT2D eigenvalue weighted by Crippen LogP contribution is -2.26. The Morgan fingerprint density at radius 2 is 2.08 bits per heavy atom. The monoisotopic (exact) mass is 329 g/mol. The van der Waals surface area contributed by atoms with Crippen LogP contribution in [0, 0.1) is 11.6 Å². The summed E-state index contributed by atoms with van der Waals surface area (Å²) >= 11 is 0. The van der Waals surface area contributed by atoms with Gasteiger partial charge in [-0.3, -0.25) is 4.79 Å². The third-order valence-electron chi connectivity index (χ3n) is 3.74. The Bertz CT molecular complexity index is 925. The number of nitrogens with zero attached hydrogens (tertiary/aromatic N) is 5. The maximum atomic E-state index is 14.1. The Morgan fingerprint density at radius 1 is 1.25 bits per heavy atom. The van der Waals surface area contributed by atoms with Crippen molar-refractivity contribution in [2.45, 2.75) is 5.60 Å². The maximum Gasteiger partial charge on any atom is 0.222 e. The molecule has 0 N–H and O–H groups in total. The van der Waals surface area contributed by atoms with E-state index in [2.05, 4.69) is 20.1 Å². The number of rotatable bonds is 4. The molecule has 1 aromatic carbocycles. The lowest BCUT2D eigenvalue weighted by atomic mass is 9.92. The molecule has 0 aliphatic carbocycles. The number of halogens is 2. The van der Waals surface area contributed by atoms with Gasteiger partial charge in [0.2, 0.25) is 5.78 Å². The summed E-state index contributed by atoms with van der Waals surface area (Å²) in [6, 6.07) is 2.99. The number of Topliss-reactive ketones (excluding diaryl/α,β-unsaturated/α-hetero) is 1. The van der Waals surface area contributed by atoms with Crippen molar-refractivity contribution in [3.05, 3.63) is 66.3 Å².